The maximum atomic E-state index is 12.0. The van der Waals surface area contributed by atoms with Crippen LogP contribution in [-0.2, 0) is 9.59 Å². The van der Waals surface area contributed by atoms with Crippen molar-refractivity contribution >= 4 is 11.8 Å². The van der Waals surface area contributed by atoms with E-state index < -0.39 is 0 Å². The molecular formula is C14H28N4O2. The molecule has 1 aliphatic rings. The summed E-state index contributed by atoms with van der Waals surface area (Å²) in [6.45, 7) is 10.9. The zero-order valence-corrected chi connectivity index (χ0v) is 12.9. The van der Waals surface area contributed by atoms with Gasteiger partial charge in [0.25, 0.3) is 0 Å². The highest BCUT2D eigenvalue weighted by molar-refractivity contribution is 5.78. The summed E-state index contributed by atoms with van der Waals surface area (Å²) in [4.78, 5) is 27.5. The van der Waals surface area contributed by atoms with Crippen molar-refractivity contribution < 1.29 is 9.59 Å². The van der Waals surface area contributed by atoms with Crippen molar-refractivity contribution in [2.45, 2.75) is 33.2 Å². The molecule has 0 bridgehead atoms. The Morgan fingerprint density at radius 1 is 1.15 bits per heavy atom. The van der Waals surface area contributed by atoms with Crippen molar-refractivity contribution in [3.8, 4) is 0 Å². The molecule has 0 spiro atoms. The van der Waals surface area contributed by atoms with Crippen LogP contribution in [0.1, 0.15) is 27.2 Å². The van der Waals surface area contributed by atoms with E-state index in [4.69, 9.17) is 0 Å². The summed E-state index contributed by atoms with van der Waals surface area (Å²) < 4.78 is 0. The molecule has 1 fully saturated rings. The second-order valence-electron chi connectivity index (χ2n) is 5.47. The Morgan fingerprint density at radius 3 is 2.35 bits per heavy atom. The third-order valence-corrected chi connectivity index (χ3v) is 3.36. The molecule has 0 aromatic heterocycles. The fraction of sp³-hybridized carbons (Fsp3) is 0.857. The van der Waals surface area contributed by atoms with Crippen LogP contribution in [0.25, 0.3) is 0 Å². The molecule has 1 heterocycles. The van der Waals surface area contributed by atoms with Crippen LogP contribution in [0, 0.1) is 0 Å². The van der Waals surface area contributed by atoms with Gasteiger partial charge >= 0.3 is 0 Å². The molecule has 6 nitrogen and oxygen atoms in total. The van der Waals surface area contributed by atoms with E-state index in [1.165, 1.54) is 0 Å². The largest absolute Gasteiger partial charge is 0.355 e. The molecule has 0 unspecified atom stereocenters. The number of carbonyl (C=O) groups is 2. The van der Waals surface area contributed by atoms with Crippen molar-refractivity contribution in [3.05, 3.63) is 0 Å². The summed E-state index contributed by atoms with van der Waals surface area (Å²) in [5.74, 6) is 0.268. The van der Waals surface area contributed by atoms with E-state index in [0.717, 1.165) is 32.7 Å². The summed E-state index contributed by atoms with van der Waals surface area (Å²) in [6.07, 6.45) is 0.550. The minimum absolute atomic E-state index is 0.0633. The summed E-state index contributed by atoms with van der Waals surface area (Å²) in [6, 6.07) is 0.414. The monoisotopic (exact) mass is 284 g/mol. The standard InChI is InChI=1S/C14H28N4O2/c1-4-15-13(19)11-17-7-9-18(10-8-17)14(20)5-6-16-12(2)3/h12,16H,4-11H2,1-3H3,(H,15,19). The van der Waals surface area contributed by atoms with Gasteiger partial charge in [0.1, 0.15) is 0 Å². The van der Waals surface area contributed by atoms with Crippen LogP contribution in [0.15, 0.2) is 0 Å². The minimum atomic E-state index is 0.0633. The van der Waals surface area contributed by atoms with Gasteiger partial charge in [-0.3, -0.25) is 14.5 Å². The van der Waals surface area contributed by atoms with Crippen molar-refractivity contribution in [2.75, 3.05) is 45.8 Å². The Morgan fingerprint density at radius 2 is 1.80 bits per heavy atom. The highest BCUT2D eigenvalue weighted by Gasteiger charge is 2.21. The molecule has 116 valence electrons. The number of carbonyl (C=O) groups excluding carboxylic acids is 2. The van der Waals surface area contributed by atoms with Crippen LogP contribution < -0.4 is 10.6 Å². The van der Waals surface area contributed by atoms with E-state index in [2.05, 4.69) is 29.4 Å². The second kappa shape index (κ2) is 8.92. The SMILES string of the molecule is CCNC(=O)CN1CCN(C(=O)CCNC(C)C)CC1. The first-order valence-electron chi connectivity index (χ1n) is 7.53. The quantitative estimate of drug-likeness (QED) is 0.671. The Hall–Kier alpha value is -1.14. The second-order valence-corrected chi connectivity index (χ2v) is 5.47. The molecule has 1 saturated heterocycles. The molecule has 6 heteroatoms. The molecule has 1 aliphatic heterocycles. The molecule has 0 atom stereocenters. The lowest BCUT2D eigenvalue weighted by Gasteiger charge is -2.34. The number of amides is 2. The maximum absolute atomic E-state index is 12.0. The Labute approximate surface area is 121 Å². The van der Waals surface area contributed by atoms with Crippen LogP contribution >= 0.6 is 0 Å². The number of piperazine rings is 1. The molecule has 0 aromatic rings. The van der Waals surface area contributed by atoms with Gasteiger partial charge in [-0.2, -0.15) is 0 Å². The molecule has 0 aromatic carbocycles. The van der Waals surface area contributed by atoms with Gasteiger partial charge in [-0.25, -0.2) is 0 Å². The van der Waals surface area contributed by atoms with Crippen molar-refractivity contribution in [1.29, 1.82) is 0 Å². The van der Waals surface area contributed by atoms with Gasteiger partial charge in [-0.15, -0.1) is 0 Å². The van der Waals surface area contributed by atoms with Crippen molar-refractivity contribution in [2.24, 2.45) is 0 Å². The van der Waals surface area contributed by atoms with Crippen LogP contribution in [-0.4, -0.2) is 73.5 Å². The first-order valence-corrected chi connectivity index (χ1v) is 7.53. The van der Waals surface area contributed by atoms with E-state index in [1.807, 2.05) is 11.8 Å². The predicted molar refractivity (Wildman–Crippen MR) is 79.5 cm³/mol. The van der Waals surface area contributed by atoms with Crippen molar-refractivity contribution in [3.63, 3.8) is 0 Å². The van der Waals surface area contributed by atoms with Crippen LogP contribution in [0.2, 0.25) is 0 Å². The van der Waals surface area contributed by atoms with Crippen LogP contribution in [0.4, 0.5) is 0 Å². The number of nitrogens with zero attached hydrogens (tertiary/aromatic N) is 2. The van der Waals surface area contributed by atoms with Gasteiger partial charge in [-0.1, -0.05) is 13.8 Å². The molecule has 2 amide bonds. The van der Waals surface area contributed by atoms with E-state index in [9.17, 15) is 9.59 Å². The van der Waals surface area contributed by atoms with Crippen LogP contribution in [0.5, 0.6) is 0 Å². The molecule has 0 radical (unpaired) electrons. The topological polar surface area (TPSA) is 64.7 Å². The molecule has 1 rings (SSSR count). The van der Waals surface area contributed by atoms with Gasteiger partial charge in [-0.05, 0) is 6.92 Å². The minimum Gasteiger partial charge on any atom is -0.355 e. The van der Waals surface area contributed by atoms with Crippen LogP contribution in [0.3, 0.4) is 0 Å². The number of rotatable bonds is 7. The highest BCUT2D eigenvalue weighted by Crippen LogP contribution is 2.03. The summed E-state index contributed by atoms with van der Waals surface area (Å²) in [5.41, 5.74) is 0. The summed E-state index contributed by atoms with van der Waals surface area (Å²) in [7, 11) is 0. The van der Waals surface area contributed by atoms with E-state index in [1.54, 1.807) is 0 Å². The lowest BCUT2D eigenvalue weighted by molar-refractivity contribution is -0.133. The third kappa shape index (κ3) is 6.34. The summed E-state index contributed by atoms with van der Waals surface area (Å²) in [5, 5.41) is 6.05. The number of hydrogen-bond acceptors (Lipinski definition) is 4. The Bertz CT molecular complexity index is 312. The van der Waals surface area contributed by atoms with Gasteiger partial charge in [0, 0.05) is 51.7 Å². The van der Waals surface area contributed by atoms with Gasteiger partial charge < -0.3 is 15.5 Å². The highest BCUT2D eigenvalue weighted by atomic mass is 16.2. The lowest BCUT2D eigenvalue weighted by atomic mass is 10.2. The fourth-order valence-electron chi connectivity index (χ4n) is 2.24. The first-order chi connectivity index (χ1) is 9.52. The average molecular weight is 284 g/mol. The van der Waals surface area contributed by atoms with Gasteiger partial charge in [0.2, 0.25) is 11.8 Å². The number of hydrogen-bond donors (Lipinski definition) is 2. The van der Waals surface area contributed by atoms with E-state index in [-0.39, 0.29) is 11.8 Å². The average Bonchev–Trinajstić information content (AvgIpc) is 2.39. The van der Waals surface area contributed by atoms with Gasteiger partial charge in [0.05, 0.1) is 6.54 Å². The predicted octanol–water partition coefficient (Wildman–Crippen LogP) is -0.345. The maximum Gasteiger partial charge on any atom is 0.234 e. The summed E-state index contributed by atoms with van der Waals surface area (Å²) >= 11 is 0. The van der Waals surface area contributed by atoms with E-state index >= 15 is 0 Å². The van der Waals surface area contributed by atoms with Gasteiger partial charge in [0.15, 0.2) is 0 Å². The third-order valence-electron chi connectivity index (χ3n) is 3.36. The van der Waals surface area contributed by atoms with Crippen molar-refractivity contribution in [1.82, 2.24) is 20.4 Å². The molecule has 0 saturated carbocycles. The smallest absolute Gasteiger partial charge is 0.234 e. The molecule has 20 heavy (non-hydrogen) atoms. The Balaban J connectivity index is 2.20. The molecular weight excluding hydrogens is 256 g/mol. The molecule has 0 aliphatic carbocycles. The molecule has 2 N–H and O–H groups in total. The van der Waals surface area contributed by atoms with E-state index in [0.29, 0.717) is 25.6 Å². The zero-order chi connectivity index (χ0) is 15.0. The lowest BCUT2D eigenvalue weighted by Crippen LogP contribution is -2.51. The zero-order valence-electron chi connectivity index (χ0n) is 12.9. The number of nitrogens with one attached hydrogen (secondary N) is 2. The Kier molecular flexibility index (Phi) is 7.54. The normalized spacial score (nSPS) is 16.5. The first kappa shape index (κ1) is 16.9. The number of likely N-dealkylation sites (N-methyl/N-ethyl adjacent to an activating group) is 1. The fourth-order valence-corrected chi connectivity index (χ4v) is 2.24.